The summed E-state index contributed by atoms with van der Waals surface area (Å²) in [5.41, 5.74) is 1.48. The minimum absolute atomic E-state index is 0.775. The van der Waals surface area contributed by atoms with Gasteiger partial charge >= 0.3 is 0 Å². The quantitative estimate of drug-likeness (QED) is 0.779. The molecule has 1 fully saturated rings. The molecule has 2 rings (SSSR count). The van der Waals surface area contributed by atoms with Crippen LogP contribution in [0.4, 0.5) is 0 Å². The van der Waals surface area contributed by atoms with Crippen molar-refractivity contribution in [1.82, 2.24) is 5.32 Å². The van der Waals surface area contributed by atoms with Gasteiger partial charge in [0.2, 0.25) is 0 Å². The lowest BCUT2D eigenvalue weighted by Gasteiger charge is -2.16. The Morgan fingerprint density at radius 2 is 2.33 bits per heavy atom. The molecule has 1 aliphatic rings. The van der Waals surface area contributed by atoms with Crippen LogP contribution in [-0.4, -0.2) is 12.6 Å². The maximum absolute atomic E-state index is 3.63. The minimum Gasteiger partial charge on any atom is -0.314 e. The van der Waals surface area contributed by atoms with E-state index in [9.17, 15) is 0 Å². The van der Waals surface area contributed by atoms with Crippen molar-refractivity contribution >= 4 is 11.3 Å². The fourth-order valence-electron chi connectivity index (χ4n) is 2.21. The molecule has 0 aromatic carbocycles. The Kier molecular flexibility index (Phi) is 3.81. The van der Waals surface area contributed by atoms with E-state index < -0.39 is 0 Å². The van der Waals surface area contributed by atoms with Gasteiger partial charge in [0.25, 0.3) is 0 Å². The van der Waals surface area contributed by atoms with Crippen molar-refractivity contribution < 1.29 is 0 Å². The van der Waals surface area contributed by atoms with Gasteiger partial charge in [0.05, 0.1) is 0 Å². The van der Waals surface area contributed by atoms with Crippen molar-refractivity contribution in [2.24, 2.45) is 5.92 Å². The van der Waals surface area contributed by atoms with Gasteiger partial charge in [-0.25, -0.2) is 0 Å². The molecule has 1 saturated carbocycles. The third-order valence-electron chi connectivity index (χ3n) is 3.31. The van der Waals surface area contributed by atoms with Crippen LogP contribution in [0.1, 0.15) is 36.6 Å². The molecule has 1 N–H and O–H groups in total. The molecule has 1 unspecified atom stereocenters. The highest BCUT2D eigenvalue weighted by molar-refractivity contribution is 7.10. The summed E-state index contributed by atoms with van der Waals surface area (Å²) in [4.78, 5) is 1.58. The molecule has 0 spiro atoms. The first-order chi connectivity index (χ1) is 7.31. The first-order valence-corrected chi connectivity index (χ1v) is 6.95. The van der Waals surface area contributed by atoms with E-state index in [1.54, 1.807) is 4.88 Å². The van der Waals surface area contributed by atoms with E-state index in [2.05, 4.69) is 30.6 Å². The number of hydrogen-bond acceptors (Lipinski definition) is 2. The Labute approximate surface area is 96.9 Å². The Bertz CT molecular complexity index is 301. The van der Waals surface area contributed by atoms with Gasteiger partial charge in [0, 0.05) is 10.9 Å². The van der Waals surface area contributed by atoms with E-state index in [4.69, 9.17) is 0 Å². The van der Waals surface area contributed by atoms with Gasteiger partial charge < -0.3 is 5.32 Å². The predicted octanol–water partition coefficient (Wildman–Crippen LogP) is 3.38. The predicted molar refractivity (Wildman–Crippen MR) is 67.6 cm³/mol. The van der Waals surface area contributed by atoms with E-state index in [0.717, 1.165) is 18.5 Å². The average Bonchev–Trinajstić information content (AvgIpc) is 2.98. The Hall–Kier alpha value is -0.340. The Morgan fingerprint density at radius 3 is 2.87 bits per heavy atom. The highest BCUT2D eigenvalue weighted by Crippen LogP contribution is 2.34. The van der Waals surface area contributed by atoms with E-state index >= 15 is 0 Å². The summed E-state index contributed by atoms with van der Waals surface area (Å²) in [6.07, 6.45) is 5.47. The number of aryl methyl sites for hydroxylation is 2. The summed E-state index contributed by atoms with van der Waals surface area (Å²) in [6.45, 7) is 5.56. The lowest BCUT2D eigenvalue weighted by Crippen LogP contribution is -2.31. The van der Waals surface area contributed by atoms with Crippen LogP contribution in [0, 0.1) is 12.8 Å². The van der Waals surface area contributed by atoms with Crippen LogP contribution in [0.5, 0.6) is 0 Å². The van der Waals surface area contributed by atoms with Crippen molar-refractivity contribution in [2.75, 3.05) is 6.54 Å². The van der Waals surface area contributed by atoms with E-state index in [0.29, 0.717) is 0 Å². The fourth-order valence-corrected chi connectivity index (χ4v) is 3.14. The van der Waals surface area contributed by atoms with Gasteiger partial charge in [-0.05, 0) is 62.1 Å². The summed E-state index contributed by atoms with van der Waals surface area (Å²) in [5.74, 6) is 0.977. The van der Waals surface area contributed by atoms with Gasteiger partial charge in [0.1, 0.15) is 0 Å². The molecule has 0 amide bonds. The molecule has 1 atom stereocenters. The smallest absolute Gasteiger partial charge is 0.00986 e. The van der Waals surface area contributed by atoms with Gasteiger partial charge in [-0.1, -0.05) is 6.92 Å². The van der Waals surface area contributed by atoms with Crippen molar-refractivity contribution in [3.8, 4) is 0 Å². The molecule has 1 aliphatic carbocycles. The number of rotatable bonds is 6. The monoisotopic (exact) mass is 223 g/mol. The molecule has 15 heavy (non-hydrogen) atoms. The summed E-state index contributed by atoms with van der Waals surface area (Å²) >= 11 is 1.91. The maximum Gasteiger partial charge on any atom is 0.00986 e. The Morgan fingerprint density at radius 1 is 1.53 bits per heavy atom. The largest absolute Gasteiger partial charge is 0.314 e. The average molecular weight is 223 g/mol. The van der Waals surface area contributed by atoms with E-state index in [-0.39, 0.29) is 0 Å². The number of hydrogen-bond donors (Lipinski definition) is 1. The minimum atomic E-state index is 0.775. The van der Waals surface area contributed by atoms with Crippen molar-refractivity contribution in [3.63, 3.8) is 0 Å². The second-order valence-electron chi connectivity index (χ2n) is 4.57. The van der Waals surface area contributed by atoms with E-state index in [1.807, 2.05) is 11.3 Å². The first-order valence-electron chi connectivity index (χ1n) is 6.07. The molecule has 84 valence electrons. The van der Waals surface area contributed by atoms with Crippen molar-refractivity contribution in [1.29, 1.82) is 0 Å². The molecule has 1 aromatic rings. The molecule has 1 aromatic heterocycles. The lowest BCUT2D eigenvalue weighted by molar-refractivity contribution is 0.447. The normalized spacial score (nSPS) is 18.0. The van der Waals surface area contributed by atoms with Gasteiger partial charge in [0.15, 0.2) is 0 Å². The highest BCUT2D eigenvalue weighted by Gasteiger charge is 2.30. The Balaban J connectivity index is 1.82. The van der Waals surface area contributed by atoms with Crippen LogP contribution in [0.25, 0.3) is 0 Å². The second-order valence-corrected chi connectivity index (χ2v) is 5.57. The van der Waals surface area contributed by atoms with Gasteiger partial charge in [-0.2, -0.15) is 0 Å². The summed E-state index contributed by atoms with van der Waals surface area (Å²) in [6, 6.07) is 3.01. The fraction of sp³-hybridized carbons (Fsp3) is 0.692. The summed E-state index contributed by atoms with van der Waals surface area (Å²) in [7, 11) is 0. The van der Waals surface area contributed by atoms with E-state index in [1.165, 1.54) is 31.2 Å². The molecule has 0 saturated heterocycles. The topological polar surface area (TPSA) is 12.0 Å². The molecule has 0 bridgehead atoms. The van der Waals surface area contributed by atoms with Crippen LogP contribution < -0.4 is 5.32 Å². The molecular formula is C13H21NS. The lowest BCUT2D eigenvalue weighted by atomic mass is 10.0. The van der Waals surface area contributed by atoms with Gasteiger partial charge in [-0.15, -0.1) is 11.3 Å². The van der Waals surface area contributed by atoms with Gasteiger partial charge in [-0.3, -0.25) is 0 Å². The molecule has 1 nitrogen and oxygen atoms in total. The number of thiophene rings is 1. The highest BCUT2D eigenvalue weighted by atomic mass is 32.1. The standard InChI is InChI=1S/C13H21NS/c1-3-14-12(11-4-5-11)6-7-13-10(2)8-9-15-13/h8-9,11-12,14H,3-7H2,1-2H3. The third-order valence-corrected chi connectivity index (χ3v) is 4.39. The molecule has 1 heterocycles. The zero-order valence-electron chi connectivity index (χ0n) is 9.75. The van der Waals surface area contributed by atoms with Crippen LogP contribution in [0.15, 0.2) is 11.4 Å². The van der Waals surface area contributed by atoms with Crippen LogP contribution in [0.2, 0.25) is 0 Å². The molecule has 0 radical (unpaired) electrons. The molecule has 2 heteroatoms. The first kappa shape index (κ1) is 11.2. The summed E-state index contributed by atoms with van der Waals surface area (Å²) in [5, 5.41) is 5.84. The zero-order chi connectivity index (χ0) is 10.7. The number of nitrogens with one attached hydrogen (secondary N) is 1. The van der Waals surface area contributed by atoms with Crippen LogP contribution in [-0.2, 0) is 6.42 Å². The van der Waals surface area contributed by atoms with Crippen LogP contribution >= 0.6 is 11.3 Å². The maximum atomic E-state index is 3.63. The van der Waals surface area contributed by atoms with Crippen molar-refractivity contribution in [2.45, 2.75) is 45.6 Å². The summed E-state index contributed by atoms with van der Waals surface area (Å²) < 4.78 is 0. The van der Waals surface area contributed by atoms with Crippen LogP contribution in [0.3, 0.4) is 0 Å². The third kappa shape index (κ3) is 3.05. The second kappa shape index (κ2) is 5.13. The van der Waals surface area contributed by atoms with Crippen molar-refractivity contribution in [3.05, 3.63) is 21.9 Å². The molecule has 0 aliphatic heterocycles. The molecular weight excluding hydrogens is 202 g/mol. The SMILES string of the molecule is CCNC(CCc1sccc1C)C1CC1. The zero-order valence-corrected chi connectivity index (χ0v) is 10.6.